The van der Waals surface area contributed by atoms with Crippen molar-refractivity contribution in [2.75, 3.05) is 12.6 Å². The van der Waals surface area contributed by atoms with Crippen LogP contribution in [0.15, 0.2) is 0 Å². The molecule has 0 spiro atoms. The maximum absolute atomic E-state index is 2.67. The number of hydrogen-bond acceptors (Lipinski definition) is 0. The van der Waals surface area contributed by atoms with Gasteiger partial charge in [-0.2, -0.15) is 0 Å². The Labute approximate surface area is 31.3 Å². The van der Waals surface area contributed by atoms with Gasteiger partial charge in [0.2, 0.25) is 0 Å². The van der Waals surface area contributed by atoms with Crippen LogP contribution < -0.4 is 0 Å². The Balaban J connectivity index is 1.97. The predicted octanol–water partition coefficient (Wildman–Crippen LogP) is 1.13. The summed E-state index contributed by atoms with van der Waals surface area (Å²) in [5, 5.41) is 0. The van der Waals surface area contributed by atoms with Crippen molar-refractivity contribution in [3.8, 4) is 0 Å². The SMILES string of the molecule is CPCP. The van der Waals surface area contributed by atoms with E-state index in [9.17, 15) is 0 Å². The largest absolute Gasteiger partial charge is 0.133 e. The molecule has 0 radical (unpaired) electrons. The first-order valence-corrected chi connectivity index (χ1v) is 3.79. The molecule has 0 fully saturated rings. The Morgan fingerprint density at radius 3 is 2.25 bits per heavy atom. The van der Waals surface area contributed by atoms with Gasteiger partial charge in [0, 0.05) is 0 Å². The van der Waals surface area contributed by atoms with E-state index in [4.69, 9.17) is 0 Å². The van der Waals surface area contributed by atoms with Gasteiger partial charge in [0.25, 0.3) is 0 Å². The molecule has 0 heterocycles. The first-order valence-electron chi connectivity index (χ1n) is 1.26. The molecule has 2 atom stereocenters. The highest BCUT2D eigenvalue weighted by Crippen LogP contribution is 2.03. The molecule has 2 unspecified atom stereocenters. The van der Waals surface area contributed by atoms with E-state index in [1.54, 1.807) is 0 Å². The van der Waals surface area contributed by atoms with E-state index in [-0.39, 0.29) is 0 Å². The summed E-state index contributed by atoms with van der Waals surface area (Å²) in [6, 6.07) is 0. The Kier molecular flexibility index (Phi) is 4.69. The lowest BCUT2D eigenvalue weighted by Crippen LogP contribution is -1.37. The second-order valence-electron chi connectivity index (χ2n) is 0.558. The van der Waals surface area contributed by atoms with Crippen LogP contribution in [0.5, 0.6) is 0 Å². The standard InChI is InChI=1S/C2H8P2/c1-4-2-3/h4H,2-3H2,1H3. The molecule has 4 heavy (non-hydrogen) atoms. The van der Waals surface area contributed by atoms with Crippen LogP contribution in [0.4, 0.5) is 0 Å². The van der Waals surface area contributed by atoms with Gasteiger partial charge in [-0.15, -0.1) is 17.8 Å². The van der Waals surface area contributed by atoms with Crippen LogP contribution in [0, 0.1) is 0 Å². The molecule has 0 amide bonds. The monoisotopic (exact) mass is 94.0 g/mol. The van der Waals surface area contributed by atoms with Gasteiger partial charge >= 0.3 is 0 Å². The Morgan fingerprint density at radius 2 is 2.25 bits per heavy atom. The van der Waals surface area contributed by atoms with Crippen molar-refractivity contribution < 1.29 is 0 Å². The Bertz CT molecular complexity index is 6.00. The second-order valence-corrected chi connectivity index (χ2v) is 2.90. The highest BCUT2D eigenvalue weighted by Gasteiger charge is 1.54. The predicted molar refractivity (Wildman–Crippen MR) is 28.8 cm³/mol. The maximum Gasteiger partial charge on any atom is -0.0206 e. The van der Waals surface area contributed by atoms with Gasteiger partial charge in [-0.25, -0.2) is 0 Å². The summed E-state index contributed by atoms with van der Waals surface area (Å²) in [6.45, 7) is 2.19. The van der Waals surface area contributed by atoms with Crippen LogP contribution in [0.2, 0.25) is 0 Å². The third-order valence-corrected chi connectivity index (χ3v) is 1.84. The molecule has 0 aromatic carbocycles. The zero-order chi connectivity index (χ0) is 3.41. The fourth-order valence-corrected chi connectivity index (χ4v) is 0. The van der Waals surface area contributed by atoms with Crippen molar-refractivity contribution in [2.24, 2.45) is 0 Å². The minimum absolute atomic E-state index is 1.10. The van der Waals surface area contributed by atoms with Crippen LogP contribution in [0.3, 0.4) is 0 Å². The summed E-state index contributed by atoms with van der Waals surface area (Å²) in [5.74, 6) is 1.26. The van der Waals surface area contributed by atoms with E-state index in [2.05, 4.69) is 15.9 Å². The fourth-order valence-electron chi connectivity index (χ4n) is 0. The van der Waals surface area contributed by atoms with Crippen molar-refractivity contribution in [1.29, 1.82) is 0 Å². The lowest BCUT2D eigenvalue weighted by molar-refractivity contribution is 2.20. The molecule has 0 rings (SSSR count). The molecule has 0 aromatic rings. The first kappa shape index (κ1) is 4.86. The zero-order valence-corrected chi connectivity index (χ0v) is 4.94. The smallest absolute Gasteiger partial charge is 0.0206 e. The second kappa shape index (κ2) is 3.86. The molecule has 0 aromatic heterocycles. The van der Waals surface area contributed by atoms with Gasteiger partial charge in [0.15, 0.2) is 0 Å². The van der Waals surface area contributed by atoms with Crippen LogP contribution in [0.25, 0.3) is 0 Å². The highest BCUT2D eigenvalue weighted by atomic mass is 31.1. The van der Waals surface area contributed by atoms with E-state index in [1.165, 1.54) is 5.90 Å². The maximum atomic E-state index is 2.67. The van der Waals surface area contributed by atoms with Gasteiger partial charge in [-0.05, 0) is 12.6 Å². The molecule has 0 N–H and O–H groups in total. The molecule has 0 nitrogen and oxygen atoms in total. The zero-order valence-electron chi connectivity index (χ0n) is 2.78. The van der Waals surface area contributed by atoms with Gasteiger partial charge in [-0.1, -0.05) is 0 Å². The number of hydrogen-bond donors (Lipinski definition) is 0. The molecule has 0 saturated carbocycles. The van der Waals surface area contributed by atoms with Crippen molar-refractivity contribution in [1.82, 2.24) is 0 Å². The lowest BCUT2D eigenvalue weighted by Gasteiger charge is -1.69. The summed E-state index contributed by atoms with van der Waals surface area (Å²) in [5.41, 5.74) is 0. The highest BCUT2D eigenvalue weighted by molar-refractivity contribution is 7.48. The van der Waals surface area contributed by atoms with E-state index in [0.29, 0.717) is 0 Å². The van der Waals surface area contributed by atoms with Crippen LogP contribution in [-0.2, 0) is 0 Å². The van der Waals surface area contributed by atoms with E-state index in [1.807, 2.05) is 0 Å². The average molecular weight is 94.0 g/mol. The summed E-state index contributed by atoms with van der Waals surface area (Å²) >= 11 is 0. The van der Waals surface area contributed by atoms with Crippen LogP contribution in [0.1, 0.15) is 0 Å². The van der Waals surface area contributed by atoms with Gasteiger partial charge in [-0.3, -0.25) is 0 Å². The van der Waals surface area contributed by atoms with Crippen LogP contribution >= 0.6 is 17.8 Å². The molecular weight excluding hydrogens is 86.0 g/mol. The summed E-state index contributed by atoms with van der Waals surface area (Å²) in [7, 11) is 3.77. The molecular formula is C2H8P2. The summed E-state index contributed by atoms with van der Waals surface area (Å²) < 4.78 is 0. The Morgan fingerprint density at radius 1 is 2.00 bits per heavy atom. The average Bonchev–Trinajstić information content (AvgIpc) is 1.37. The fraction of sp³-hybridized carbons (Fsp3) is 1.00. The van der Waals surface area contributed by atoms with Crippen molar-refractivity contribution in [3.05, 3.63) is 0 Å². The Hall–Kier alpha value is 0.860. The van der Waals surface area contributed by atoms with Gasteiger partial charge < -0.3 is 0 Å². The van der Waals surface area contributed by atoms with E-state index < -0.39 is 0 Å². The molecule has 0 saturated heterocycles. The van der Waals surface area contributed by atoms with E-state index in [0.717, 1.165) is 8.58 Å². The van der Waals surface area contributed by atoms with E-state index >= 15 is 0 Å². The molecule has 2 heteroatoms. The third kappa shape index (κ3) is 2.86. The van der Waals surface area contributed by atoms with Gasteiger partial charge in [0.05, 0.1) is 0 Å². The van der Waals surface area contributed by atoms with Crippen LogP contribution in [-0.4, -0.2) is 12.6 Å². The third-order valence-electron chi connectivity index (χ3n) is 0.204. The van der Waals surface area contributed by atoms with Crippen molar-refractivity contribution in [3.63, 3.8) is 0 Å². The molecule has 26 valence electrons. The van der Waals surface area contributed by atoms with Gasteiger partial charge in [0.1, 0.15) is 0 Å². The lowest BCUT2D eigenvalue weighted by atomic mass is 11.9. The first-order chi connectivity index (χ1) is 1.91. The summed E-state index contributed by atoms with van der Waals surface area (Å²) in [6.07, 6.45) is 0. The van der Waals surface area contributed by atoms with Crippen molar-refractivity contribution in [2.45, 2.75) is 0 Å². The normalized spacial score (nSPS) is 10.5. The van der Waals surface area contributed by atoms with Crippen molar-refractivity contribution >= 4 is 17.8 Å². The topological polar surface area (TPSA) is 0 Å². The quantitative estimate of drug-likeness (QED) is 0.427. The molecule has 0 aliphatic heterocycles. The summed E-state index contributed by atoms with van der Waals surface area (Å²) in [4.78, 5) is 0. The minimum atomic E-state index is 1.10. The molecule has 0 aliphatic carbocycles. The molecule has 0 bridgehead atoms. The number of rotatable bonds is 1. The molecule has 0 aliphatic rings. The minimum Gasteiger partial charge on any atom is -0.133 e.